The third-order valence-electron chi connectivity index (χ3n) is 4.93. The van der Waals surface area contributed by atoms with Crippen molar-refractivity contribution in [1.29, 1.82) is 0 Å². The number of nitrogens with one attached hydrogen (secondary N) is 2. The van der Waals surface area contributed by atoms with Crippen molar-refractivity contribution in [2.75, 3.05) is 15.8 Å². The first-order valence-electron chi connectivity index (χ1n) is 9.38. The van der Waals surface area contributed by atoms with Gasteiger partial charge in [0.2, 0.25) is 15.9 Å². The summed E-state index contributed by atoms with van der Waals surface area (Å²) < 4.78 is 26.0. The van der Waals surface area contributed by atoms with Gasteiger partial charge >= 0.3 is 0 Å². The molecule has 0 bridgehead atoms. The van der Waals surface area contributed by atoms with E-state index in [2.05, 4.69) is 22.2 Å². The van der Waals surface area contributed by atoms with Gasteiger partial charge in [0.1, 0.15) is 0 Å². The van der Waals surface area contributed by atoms with E-state index in [9.17, 15) is 13.2 Å². The molecule has 0 saturated carbocycles. The Kier molecular flexibility index (Phi) is 5.85. The van der Waals surface area contributed by atoms with Crippen molar-refractivity contribution in [3.63, 3.8) is 0 Å². The molecule has 0 aromatic heterocycles. The summed E-state index contributed by atoms with van der Waals surface area (Å²) in [4.78, 5) is 12.4. The Balaban J connectivity index is 1.65. The summed E-state index contributed by atoms with van der Waals surface area (Å²) in [6, 6.07) is 11.5. The van der Waals surface area contributed by atoms with Crippen LogP contribution >= 0.6 is 0 Å². The summed E-state index contributed by atoms with van der Waals surface area (Å²) in [6.07, 6.45) is 5.03. The second-order valence-electron chi connectivity index (χ2n) is 7.07. The topological polar surface area (TPSA) is 75.3 Å². The van der Waals surface area contributed by atoms with Crippen LogP contribution in [0.1, 0.15) is 42.0 Å². The van der Waals surface area contributed by atoms with E-state index >= 15 is 0 Å². The minimum absolute atomic E-state index is 0.0195. The number of carbonyl (C=O) groups is 1. The maximum absolute atomic E-state index is 12.4. The first-order chi connectivity index (χ1) is 12.9. The highest BCUT2D eigenvalue weighted by atomic mass is 32.2. The second-order valence-corrected chi connectivity index (χ2v) is 9.08. The van der Waals surface area contributed by atoms with Crippen LogP contribution in [-0.2, 0) is 34.1 Å². The summed E-state index contributed by atoms with van der Waals surface area (Å²) in [7, 11) is -3.32. The highest BCUT2D eigenvalue weighted by molar-refractivity contribution is 7.92. The number of aryl methyl sites for hydroxylation is 3. The van der Waals surface area contributed by atoms with E-state index in [1.54, 1.807) is 25.1 Å². The lowest BCUT2D eigenvalue weighted by Crippen LogP contribution is -2.17. The lowest BCUT2D eigenvalue weighted by atomic mass is 9.90. The standard InChI is InChI=1S/C21H26N2O3S/c1-3-27(25,26)23-20-11-10-19(12-15(20)2)22-21(24)14-16-8-9-17-6-4-5-7-18(17)13-16/h8-13,23H,3-7,14H2,1-2H3,(H,22,24). The Hall–Kier alpha value is -2.34. The van der Waals surface area contributed by atoms with Gasteiger partial charge in [0.15, 0.2) is 0 Å². The predicted molar refractivity (Wildman–Crippen MR) is 110 cm³/mol. The van der Waals surface area contributed by atoms with Crippen LogP contribution < -0.4 is 10.0 Å². The molecule has 0 fully saturated rings. The van der Waals surface area contributed by atoms with Crippen molar-refractivity contribution in [3.05, 3.63) is 58.7 Å². The first kappa shape index (κ1) is 19.4. The zero-order valence-corrected chi connectivity index (χ0v) is 16.7. The van der Waals surface area contributed by atoms with Gasteiger partial charge in [0.05, 0.1) is 17.9 Å². The highest BCUT2D eigenvalue weighted by Gasteiger charge is 2.12. The van der Waals surface area contributed by atoms with E-state index in [4.69, 9.17) is 0 Å². The van der Waals surface area contributed by atoms with Crippen LogP contribution in [-0.4, -0.2) is 20.1 Å². The molecule has 1 amide bonds. The molecular weight excluding hydrogens is 360 g/mol. The van der Waals surface area contributed by atoms with E-state index in [1.807, 2.05) is 13.0 Å². The molecule has 0 unspecified atom stereocenters. The summed E-state index contributed by atoms with van der Waals surface area (Å²) in [6.45, 7) is 3.40. The molecule has 0 heterocycles. The lowest BCUT2D eigenvalue weighted by Gasteiger charge is -2.16. The fourth-order valence-electron chi connectivity index (χ4n) is 3.38. The SMILES string of the molecule is CCS(=O)(=O)Nc1ccc(NC(=O)Cc2ccc3c(c2)CCCC3)cc1C. The molecule has 3 rings (SSSR count). The quantitative estimate of drug-likeness (QED) is 0.792. The van der Waals surface area contributed by atoms with Gasteiger partial charge in [-0.3, -0.25) is 9.52 Å². The molecule has 2 aromatic rings. The van der Waals surface area contributed by atoms with E-state index in [1.165, 1.54) is 24.0 Å². The molecule has 5 nitrogen and oxygen atoms in total. The van der Waals surface area contributed by atoms with Crippen molar-refractivity contribution >= 4 is 27.3 Å². The molecule has 0 aliphatic heterocycles. The average molecular weight is 387 g/mol. The number of hydrogen-bond acceptors (Lipinski definition) is 3. The molecular formula is C21H26N2O3S. The van der Waals surface area contributed by atoms with Crippen molar-refractivity contribution in [2.45, 2.75) is 46.0 Å². The number of amides is 1. The van der Waals surface area contributed by atoms with Gasteiger partial charge in [-0.25, -0.2) is 8.42 Å². The summed E-state index contributed by atoms with van der Waals surface area (Å²) in [5.74, 6) is -0.0573. The fraction of sp³-hybridized carbons (Fsp3) is 0.381. The molecule has 2 aromatic carbocycles. The van der Waals surface area contributed by atoms with E-state index in [0.29, 0.717) is 17.8 Å². The van der Waals surface area contributed by atoms with E-state index < -0.39 is 10.0 Å². The fourth-order valence-corrected chi connectivity index (χ4v) is 4.09. The van der Waals surface area contributed by atoms with Gasteiger partial charge in [0, 0.05) is 5.69 Å². The Morgan fingerprint density at radius 3 is 2.48 bits per heavy atom. The third-order valence-corrected chi connectivity index (χ3v) is 6.22. The summed E-state index contributed by atoms with van der Waals surface area (Å²) in [5.41, 5.74) is 5.76. The van der Waals surface area contributed by atoms with Crippen LogP contribution in [0.25, 0.3) is 0 Å². The average Bonchev–Trinajstić information content (AvgIpc) is 2.64. The van der Waals surface area contributed by atoms with E-state index in [-0.39, 0.29) is 11.7 Å². The van der Waals surface area contributed by atoms with Crippen LogP contribution in [0, 0.1) is 6.92 Å². The van der Waals surface area contributed by atoms with Gasteiger partial charge in [-0.1, -0.05) is 18.2 Å². The highest BCUT2D eigenvalue weighted by Crippen LogP contribution is 2.23. The molecule has 144 valence electrons. The number of hydrogen-bond donors (Lipinski definition) is 2. The van der Waals surface area contributed by atoms with Crippen molar-refractivity contribution in [3.8, 4) is 0 Å². The second kappa shape index (κ2) is 8.13. The zero-order chi connectivity index (χ0) is 19.4. The number of benzene rings is 2. The molecule has 6 heteroatoms. The largest absolute Gasteiger partial charge is 0.326 e. The molecule has 2 N–H and O–H groups in total. The number of carbonyl (C=O) groups excluding carboxylic acids is 1. The number of fused-ring (bicyclic) bond motifs is 1. The van der Waals surface area contributed by atoms with Crippen LogP contribution in [0.15, 0.2) is 36.4 Å². The number of sulfonamides is 1. The van der Waals surface area contributed by atoms with Gasteiger partial charge in [0.25, 0.3) is 0 Å². The molecule has 0 atom stereocenters. The van der Waals surface area contributed by atoms with Gasteiger partial charge in [-0.15, -0.1) is 0 Å². The molecule has 1 aliphatic rings. The van der Waals surface area contributed by atoms with Gasteiger partial charge < -0.3 is 5.32 Å². The van der Waals surface area contributed by atoms with Crippen molar-refractivity contribution < 1.29 is 13.2 Å². The van der Waals surface area contributed by atoms with Gasteiger partial charge in [-0.05, 0) is 80.0 Å². The van der Waals surface area contributed by atoms with Crippen LogP contribution in [0.2, 0.25) is 0 Å². The smallest absolute Gasteiger partial charge is 0.232 e. The summed E-state index contributed by atoms with van der Waals surface area (Å²) >= 11 is 0. The Morgan fingerprint density at radius 1 is 1.04 bits per heavy atom. The Bertz CT molecular complexity index is 952. The minimum Gasteiger partial charge on any atom is -0.326 e. The van der Waals surface area contributed by atoms with Crippen molar-refractivity contribution in [1.82, 2.24) is 0 Å². The van der Waals surface area contributed by atoms with Crippen LogP contribution in [0.4, 0.5) is 11.4 Å². The van der Waals surface area contributed by atoms with Crippen LogP contribution in [0.5, 0.6) is 0 Å². The Morgan fingerprint density at radius 2 is 1.78 bits per heavy atom. The molecule has 27 heavy (non-hydrogen) atoms. The molecule has 0 spiro atoms. The monoisotopic (exact) mass is 386 g/mol. The van der Waals surface area contributed by atoms with Crippen molar-refractivity contribution in [2.24, 2.45) is 0 Å². The number of anilines is 2. The maximum Gasteiger partial charge on any atom is 0.232 e. The Labute approximate surface area is 161 Å². The third kappa shape index (κ3) is 5.10. The zero-order valence-electron chi connectivity index (χ0n) is 15.8. The summed E-state index contributed by atoms with van der Waals surface area (Å²) in [5, 5.41) is 2.90. The minimum atomic E-state index is -3.32. The lowest BCUT2D eigenvalue weighted by molar-refractivity contribution is -0.115. The van der Waals surface area contributed by atoms with E-state index in [0.717, 1.165) is 24.0 Å². The van der Waals surface area contributed by atoms with Crippen LogP contribution in [0.3, 0.4) is 0 Å². The maximum atomic E-state index is 12.4. The molecule has 0 saturated heterocycles. The van der Waals surface area contributed by atoms with Gasteiger partial charge in [-0.2, -0.15) is 0 Å². The molecule has 0 radical (unpaired) electrons. The predicted octanol–water partition coefficient (Wildman–Crippen LogP) is 3.82. The molecule has 1 aliphatic carbocycles. The number of rotatable bonds is 6. The normalized spacial score (nSPS) is 13.7. The first-order valence-corrected chi connectivity index (χ1v) is 11.0.